The van der Waals surface area contributed by atoms with E-state index in [9.17, 15) is 14.4 Å². The molecule has 0 aliphatic heterocycles. The van der Waals surface area contributed by atoms with Gasteiger partial charge < -0.3 is 28.4 Å². The molecule has 3 aromatic rings. The van der Waals surface area contributed by atoms with Crippen molar-refractivity contribution >= 4 is 17.9 Å². The summed E-state index contributed by atoms with van der Waals surface area (Å²) in [4.78, 5) is 36.1. The SMILES string of the molecule is C=C(COC)C(=O)OCCCc1ccc(-c2ccc(-c3ccc(CCCOC(=O)C(=C)COC)cc3)c(CCCOC(=O)C(=C)COC)c2)cc1. The summed E-state index contributed by atoms with van der Waals surface area (Å²) in [7, 11) is 4.53. The van der Waals surface area contributed by atoms with Gasteiger partial charge in [-0.3, -0.25) is 0 Å². The van der Waals surface area contributed by atoms with Crippen LogP contribution in [-0.4, -0.2) is 78.9 Å². The Kier molecular flexibility index (Phi) is 17.6. The van der Waals surface area contributed by atoms with Crippen LogP contribution >= 0.6 is 0 Å². The number of hydrogen-bond donors (Lipinski definition) is 0. The minimum atomic E-state index is -0.453. The minimum Gasteiger partial charge on any atom is -0.462 e. The van der Waals surface area contributed by atoms with Gasteiger partial charge in [-0.2, -0.15) is 0 Å². The van der Waals surface area contributed by atoms with Crippen LogP contribution in [-0.2, 0) is 62.1 Å². The first-order chi connectivity index (χ1) is 24.7. The van der Waals surface area contributed by atoms with Crippen LogP contribution in [0.1, 0.15) is 36.0 Å². The fraction of sp³-hybridized carbons (Fsp3) is 0.357. The molecule has 0 spiro atoms. The van der Waals surface area contributed by atoms with E-state index in [4.69, 9.17) is 28.4 Å². The van der Waals surface area contributed by atoms with Crippen molar-refractivity contribution in [2.24, 2.45) is 0 Å². The lowest BCUT2D eigenvalue weighted by Gasteiger charge is -2.14. The van der Waals surface area contributed by atoms with Gasteiger partial charge in [0.15, 0.2) is 0 Å². The molecule has 0 fully saturated rings. The number of carbonyl (C=O) groups excluding carboxylic acids is 3. The molecule has 0 heterocycles. The Bertz CT molecular complexity index is 1620. The number of ether oxygens (including phenoxy) is 6. The van der Waals surface area contributed by atoms with Gasteiger partial charge in [0.2, 0.25) is 0 Å². The van der Waals surface area contributed by atoms with Crippen LogP contribution in [0, 0.1) is 0 Å². The second kappa shape index (κ2) is 22.1. The molecule has 0 aliphatic rings. The van der Waals surface area contributed by atoms with Gasteiger partial charge >= 0.3 is 17.9 Å². The molecule has 0 atom stereocenters. The standard InChI is InChI=1S/C42H50O9/c1-30(27-46-4)40(43)49-23-7-10-33-13-17-35(18-14-33)37-21-22-39(38(26-37)12-9-25-51-42(45)32(3)29-48-6)36-19-15-34(16-20-36)11-8-24-50-41(44)31(2)28-47-5/h13-22,26H,1-3,7-12,23-25,27-29H2,4-6H3. The molecule has 0 bridgehead atoms. The topological polar surface area (TPSA) is 107 Å². The molecule has 0 saturated heterocycles. The van der Waals surface area contributed by atoms with E-state index in [0.717, 1.165) is 51.8 Å². The summed E-state index contributed by atoms with van der Waals surface area (Å²) in [5.74, 6) is -1.32. The van der Waals surface area contributed by atoms with Crippen LogP contribution in [0.2, 0.25) is 0 Å². The summed E-state index contributed by atoms with van der Waals surface area (Å²) in [6, 6.07) is 23.2. The molecule has 51 heavy (non-hydrogen) atoms. The van der Waals surface area contributed by atoms with Crippen LogP contribution in [0.25, 0.3) is 22.3 Å². The van der Waals surface area contributed by atoms with Gasteiger partial charge in [-0.1, -0.05) is 86.5 Å². The molecule has 9 nitrogen and oxygen atoms in total. The third-order valence-corrected chi connectivity index (χ3v) is 7.99. The molecule has 3 rings (SSSR count). The molecule has 0 aliphatic carbocycles. The highest BCUT2D eigenvalue weighted by Crippen LogP contribution is 2.31. The molecule has 9 heteroatoms. The van der Waals surface area contributed by atoms with Crippen molar-refractivity contribution in [1.82, 2.24) is 0 Å². The van der Waals surface area contributed by atoms with Gasteiger partial charge in [0.25, 0.3) is 0 Å². The second-order valence-electron chi connectivity index (χ2n) is 12.1. The van der Waals surface area contributed by atoms with Gasteiger partial charge in [-0.15, -0.1) is 0 Å². The Labute approximate surface area is 301 Å². The van der Waals surface area contributed by atoms with Crippen molar-refractivity contribution in [2.75, 3.05) is 61.0 Å². The zero-order chi connectivity index (χ0) is 37.0. The first kappa shape index (κ1) is 40.6. The molecule has 0 radical (unpaired) electrons. The van der Waals surface area contributed by atoms with Crippen LogP contribution in [0.4, 0.5) is 0 Å². The molecule has 0 unspecified atom stereocenters. The highest BCUT2D eigenvalue weighted by Gasteiger charge is 2.13. The van der Waals surface area contributed by atoms with Gasteiger partial charge in [0.05, 0.1) is 56.4 Å². The maximum absolute atomic E-state index is 12.2. The lowest BCUT2D eigenvalue weighted by atomic mass is 9.91. The maximum Gasteiger partial charge on any atom is 0.335 e. The maximum atomic E-state index is 12.2. The van der Waals surface area contributed by atoms with E-state index >= 15 is 0 Å². The third-order valence-electron chi connectivity index (χ3n) is 7.99. The number of rotatable bonds is 23. The lowest BCUT2D eigenvalue weighted by molar-refractivity contribution is -0.140. The number of esters is 3. The van der Waals surface area contributed by atoms with Gasteiger partial charge in [0.1, 0.15) is 0 Å². The van der Waals surface area contributed by atoms with Crippen LogP contribution in [0.5, 0.6) is 0 Å². The fourth-order valence-electron chi connectivity index (χ4n) is 5.29. The van der Waals surface area contributed by atoms with Crippen molar-refractivity contribution < 1.29 is 42.8 Å². The summed E-state index contributed by atoms with van der Waals surface area (Å²) in [6.45, 7) is 12.4. The quantitative estimate of drug-likeness (QED) is 0.0446. The van der Waals surface area contributed by atoms with E-state index in [0.29, 0.717) is 50.0 Å². The molecule has 272 valence electrons. The Morgan fingerprint density at radius 2 is 0.863 bits per heavy atom. The number of methoxy groups -OCH3 is 3. The van der Waals surface area contributed by atoms with Gasteiger partial charge in [-0.25, -0.2) is 14.4 Å². The summed E-state index contributed by atoms with van der Waals surface area (Å²) in [5, 5.41) is 0. The molecule has 0 N–H and O–H groups in total. The average Bonchev–Trinajstić information content (AvgIpc) is 3.14. The normalized spacial score (nSPS) is 10.7. The van der Waals surface area contributed by atoms with E-state index in [-0.39, 0.29) is 32.0 Å². The predicted molar refractivity (Wildman–Crippen MR) is 198 cm³/mol. The number of carbonyl (C=O) groups is 3. The van der Waals surface area contributed by atoms with E-state index in [1.807, 2.05) is 0 Å². The van der Waals surface area contributed by atoms with Crippen molar-refractivity contribution in [3.63, 3.8) is 0 Å². The van der Waals surface area contributed by atoms with E-state index in [1.54, 1.807) is 0 Å². The zero-order valence-corrected chi connectivity index (χ0v) is 30.1. The van der Waals surface area contributed by atoms with Crippen LogP contribution in [0.15, 0.2) is 103 Å². The Hall–Kier alpha value is -4.83. The number of aryl methyl sites for hydroxylation is 3. The average molecular weight is 699 g/mol. The second-order valence-corrected chi connectivity index (χ2v) is 12.1. The Balaban J connectivity index is 1.68. The molecular formula is C42H50O9. The Morgan fingerprint density at radius 1 is 0.490 bits per heavy atom. The molecule has 0 aromatic heterocycles. The zero-order valence-electron chi connectivity index (χ0n) is 30.1. The molecule has 3 aromatic carbocycles. The first-order valence-electron chi connectivity index (χ1n) is 17.0. The minimum absolute atomic E-state index is 0.133. The molecule has 0 saturated carbocycles. The van der Waals surface area contributed by atoms with E-state index in [2.05, 4.69) is 86.5 Å². The number of hydrogen-bond acceptors (Lipinski definition) is 9. The Morgan fingerprint density at radius 3 is 1.27 bits per heavy atom. The van der Waals surface area contributed by atoms with Crippen molar-refractivity contribution in [2.45, 2.75) is 38.5 Å². The monoisotopic (exact) mass is 698 g/mol. The summed E-state index contributed by atoms with van der Waals surface area (Å²) in [5.41, 5.74) is 8.65. The fourth-order valence-corrected chi connectivity index (χ4v) is 5.29. The van der Waals surface area contributed by atoms with Crippen molar-refractivity contribution in [1.29, 1.82) is 0 Å². The van der Waals surface area contributed by atoms with Crippen LogP contribution < -0.4 is 0 Å². The highest BCUT2D eigenvalue weighted by atomic mass is 16.5. The predicted octanol–water partition coefficient (Wildman–Crippen LogP) is 7.06. The number of benzene rings is 3. The first-order valence-corrected chi connectivity index (χ1v) is 17.0. The third kappa shape index (κ3) is 13.8. The van der Waals surface area contributed by atoms with Gasteiger partial charge in [-0.05, 0) is 77.5 Å². The molecular weight excluding hydrogens is 648 g/mol. The molecule has 0 amide bonds. The van der Waals surface area contributed by atoms with Crippen molar-refractivity contribution in [3.05, 3.63) is 120 Å². The summed E-state index contributed by atoms with van der Waals surface area (Å²) < 4.78 is 30.8. The highest BCUT2D eigenvalue weighted by molar-refractivity contribution is 5.88. The van der Waals surface area contributed by atoms with E-state index in [1.165, 1.54) is 21.3 Å². The summed E-state index contributed by atoms with van der Waals surface area (Å²) in [6.07, 6.45) is 4.26. The lowest BCUT2D eigenvalue weighted by Crippen LogP contribution is -2.12. The van der Waals surface area contributed by atoms with Crippen LogP contribution in [0.3, 0.4) is 0 Å². The largest absolute Gasteiger partial charge is 0.462 e. The van der Waals surface area contributed by atoms with Crippen molar-refractivity contribution in [3.8, 4) is 22.3 Å². The summed E-state index contributed by atoms with van der Waals surface area (Å²) >= 11 is 0. The van der Waals surface area contributed by atoms with E-state index < -0.39 is 17.9 Å². The smallest absolute Gasteiger partial charge is 0.335 e. The van der Waals surface area contributed by atoms with Gasteiger partial charge in [0, 0.05) is 21.3 Å².